The highest BCUT2D eigenvalue weighted by atomic mass is 16.5. The molecule has 1 N–H and O–H groups in total. The molecule has 0 radical (unpaired) electrons. The standard InChI is InChI=1S/C23H35NO3/c1-21(2,3)24-20(26)14-12-17-15-6-7-18-23(5,11-9-19(25)27-18)16(15)8-10-22(17,4)13-14/h9,11,14-18H,6-8,10,12-13H2,1-5H3,(H,24,26)/t14?,15-,16-,17+,18?,22-,23-/m1/s1. The van der Waals surface area contributed by atoms with Crippen molar-refractivity contribution in [1.82, 2.24) is 5.32 Å². The van der Waals surface area contributed by atoms with E-state index in [0.717, 1.165) is 25.7 Å². The van der Waals surface area contributed by atoms with Crippen LogP contribution in [0.3, 0.4) is 0 Å². The fourth-order valence-corrected chi connectivity index (χ4v) is 6.93. The van der Waals surface area contributed by atoms with Crippen molar-refractivity contribution in [2.45, 2.75) is 84.8 Å². The molecule has 3 fully saturated rings. The van der Waals surface area contributed by atoms with Crippen molar-refractivity contribution in [2.75, 3.05) is 0 Å². The van der Waals surface area contributed by atoms with Crippen LogP contribution >= 0.6 is 0 Å². The molecule has 2 unspecified atom stereocenters. The Morgan fingerprint density at radius 3 is 2.63 bits per heavy atom. The van der Waals surface area contributed by atoms with E-state index in [1.807, 2.05) is 0 Å². The van der Waals surface area contributed by atoms with Gasteiger partial charge >= 0.3 is 5.97 Å². The SMILES string of the molecule is CC(C)(C)NC(=O)C1C[C@H]2[C@@H]3CCC4OC(=O)C=C[C@]4(C)[C@@H]3CC[C@]2(C)C1. The molecule has 3 aliphatic carbocycles. The number of ether oxygens (including phenoxy) is 1. The number of nitrogens with one attached hydrogen (secondary N) is 1. The Morgan fingerprint density at radius 1 is 1.19 bits per heavy atom. The van der Waals surface area contributed by atoms with E-state index in [9.17, 15) is 9.59 Å². The number of amides is 1. The van der Waals surface area contributed by atoms with Crippen molar-refractivity contribution < 1.29 is 14.3 Å². The lowest BCUT2D eigenvalue weighted by molar-refractivity contribution is -0.166. The van der Waals surface area contributed by atoms with Gasteiger partial charge < -0.3 is 10.1 Å². The van der Waals surface area contributed by atoms with Crippen LogP contribution in [0.25, 0.3) is 0 Å². The number of carbonyl (C=O) groups excluding carboxylic acids is 2. The topological polar surface area (TPSA) is 55.4 Å². The third-order valence-electron chi connectivity index (χ3n) is 8.17. The summed E-state index contributed by atoms with van der Waals surface area (Å²) in [4.78, 5) is 24.6. The monoisotopic (exact) mass is 373 g/mol. The number of hydrogen-bond acceptors (Lipinski definition) is 3. The van der Waals surface area contributed by atoms with Crippen molar-refractivity contribution in [1.29, 1.82) is 0 Å². The predicted octanol–water partition coefficient (Wildman–Crippen LogP) is 4.24. The molecule has 4 nitrogen and oxygen atoms in total. The van der Waals surface area contributed by atoms with Crippen molar-refractivity contribution >= 4 is 11.9 Å². The van der Waals surface area contributed by atoms with Gasteiger partial charge in [-0.1, -0.05) is 19.9 Å². The van der Waals surface area contributed by atoms with E-state index in [1.165, 1.54) is 12.8 Å². The summed E-state index contributed by atoms with van der Waals surface area (Å²) in [7, 11) is 0. The van der Waals surface area contributed by atoms with E-state index in [-0.39, 0.29) is 40.3 Å². The summed E-state index contributed by atoms with van der Waals surface area (Å²) in [6.07, 6.45) is 10.3. The molecule has 0 aromatic heterocycles. The van der Waals surface area contributed by atoms with Gasteiger partial charge in [0.05, 0.1) is 0 Å². The minimum absolute atomic E-state index is 0.0296. The molecule has 150 valence electrons. The summed E-state index contributed by atoms with van der Waals surface area (Å²) in [5, 5.41) is 3.21. The highest BCUT2D eigenvalue weighted by Crippen LogP contribution is 2.64. The van der Waals surface area contributed by atoms with Crippen LogP contribution < -0.4 is 5.32 Å². The number of carbonyl (C=O) groups is 2. The zero-order chi connectivity index (χ0) is 19.6. The lowest BCUT2D eigenvalue weighted by Gasteiger charge is -2.57. The fourth-order valence-electron chi connectivity index (χ4n) is 6.93. The Bertz CT molecular complexity index is 678. The first-order chi connectivity index (χ1) is 12.5. The van der Waals surface area contributed by atoms with E-state index < -0.39 is 0 Å². The molecular weight excluding hydrogens is 338 g/mol. The van der Waals surface area contributed by atoms with Crippen molar-refractivity contribution in [3.63, 3.8) is 0 Å². The normalized spacial score (nSPS) is 46.1. The summed E-state index contributed by atoms with van der Waals surface area (Å²) in [6, 6.07) is 0. The average Bonchev–Trinajstić information content (AvgIpc) is 2.92. The van der Waals surface area contributed by atoms with Gasteiger partial charge in [0.2, 0.25) is 5.91 Å². The van der Waals surface area contributed by atoms with Gasteiger partial charge in [-0.2, -0.15) is 0 Å². The quantitative estimate of drug-likeness (QED) is 0.700. The smallest absolute Gasteiger partial charge is 0.330 e. The largest absolute Gasteiger partial charge is 0.458 e. The molecule has 4 rings (SSSR count). The van der Waals surface area contributed by atoms with Crippen LogP contribution in [0.2, 0.25) is 0 Å². The minimum atomic E-state index is -0.184. The Labute approximate surface area is 163 Å². The summed E-state index contributed by atoms with van der Waals surface area (Å²) in [5.41, 5.74) is 0.0693. The molecule has 4 aliphatic rings. The maximum Gasteiger partial charge on any atom is 0.330 e. The summed E-state index contributed by atoms with van der Waals surface area (Å²) >= 11 is 0. The number of rotatable bonds is 1. The fraction of sp³-hybridized carbons (Fsp3) is 0.826. The van der Waals surface area contributed by atoms with Crippen molar-refractivity contribution in [3.8, 4) is 0 Å². The summed E-state index contributed by atoms with van der Waals surface area (Å²) in [6.45, 7) is 10.9. The van der Waals surface area contributed by atoms with Gasteiger partial charge in [-0.3, -0.25) is 4.79 Å². The van der Waals surface area contributed by atoms with E-state index in [1.54, 1.807) is 6.08 Å². The third kappa shape index (κ3) is 3.13. The van der Waals surface area contributed by atoms with Crippen LogP contribution in [0.5, 0.6) is 0 Å². The van der Waals surface area contributed by atoms with Crippen molar-refractivity contribution in [2.24, 2.45) is 34.5 Å². The maximum atomic E-state index is 12.9. The Morgan fingerprint density at radius 2 is 1.93 bits per heavy atom. The number of hydrogen-bond donors (Lipinski definition) is 1. The summed E-state index contributed by atoms with van der Waals surface area (Å²) in [5.74, 6) is 2.00. The van der Waals surface area contributed by atoms with Gasteiger partial charge in [0.15, 0.2) is 0 Å². The van der Waals surface area contributed by atoms with Gasteiger partial charge in [0, 0.05) is 22.9 Å². The Kier molecular flexibility index (Phi) is 4.29. The first-order valence-electron chi connectivity index (χ1n) is 10.7. The highest BCUT2D eigenvalue weighted by molar-refractivity contribution is 5.83. The first kappa shape index (κ1) is 19.0. The highest BCUT2D eigenvalue weighted by Gasteiger charge is 2.60. The Balaban J connectivity index is 1.56. The average molecular weight is 374 g/mol. The molecule has 1 heterocycles. The van der Waals surface area contributed by atoms with E-state index in [4.69, 9.17) is 4.74 Å². The van der Waals surface area contributed by atoms with Crippen LogP contribution in [0.15, 0.2) is 12.2 Å². The molecule has 27 heavy (non-hydrogen) atoms. The number of fused-ring (bicyclic) bond motifs is 5. The first-order valence-corrected chi connectivity index (χ1v) is 10.7. The molecule has 0 bridgehead atoms. The molecule has 3 saturated carbocycles. The van der Waals surface area contributed by atoms with Crippen LogP contribution in [-0.2, 0) is 14.3 Å². The molecule has 0 aromatic carbocycles. The predicted molar refractivity (Wildman–Crippen MR) is 105 cm³/mol. The lowest BCUT2D eigenvalue weighted by Crippen LogP contribution is -2.54. The second-order valence-corrected chi connectivity index (χ2v) is 11.1. The molecule has 1 aliphatic heterocycles. The Hall–Kier alpha value is -1.32. The summed E-state index contributed by atoms with van der Waals surface area (Å²) < 4.78 is 5.70. The molecule has 0 saturated heterocycles. The second-order valence-electron chi connectivity index (χ2n) is 11.1. The van der Waals surface area contributed by atoms with Crippen LogP contribution in [-0.4, -0.2) is 23.5 Å². The van der Waals surface area contributed by atoms with Gasteiger partial charge in [0.25, 0.3) is 0 Å². The number of esters is 1. The molecule has 1 amide bonds. The van der Waals surface area contributed by atoms with E-state index in [2.05, 4.69) is 46.0 Å². The lowest BCUT2D eigenvalue weighted by atomic mass is 9.49. The van der Waals surface area contributed by atoms with Gasteiger partial charge in [-0.25, -0.2) is 4.79 Å². The molecule has 0 aromatic rings. The zero-order valence-corrected chi connectivity index (χ0v) is 17.5. The molecule has 7 atom stereocenters. The molecule has 4 heteroatoms. The second kappa shape index (κ2) is 6.09. The van der Waals surface area contributed by atoms with Crippen LogP contribution in [0.1, 0.15) is 73.1 Å². The maximum absolute atomic E-state index is 12.9. The van der Waals surface area contributed by atoms with E-state index >= 15 is 0 Å². The molecule has 0 spiro atoms. The van der Waals surface area contributed by atoms with Gasteiger partial charge in [-0.15, -0.1) is 0 Å². The van der Waals surface area contributed by atoms with Gasteiger partial charge in [-0.05, 0) is 82.5 Å². The van der Waals surface area contributed by atoms with Crippen LogP contribution in [0.4, 0.5) is 0 Å². The third-order valence-corrected chi connectivity index (χ3v) is 8.17. The van der Waals surface area contributed by atoms with E-state index in [0.29, 0.717) is 17.8 Å². The zero-order valence-electron chi connectivity index (χ0n) is 17.5. The van der Waals surface area contributed by atoms with Gasteiger partial charge in [0.1, 0.15) is 6.10 Å². The minimum Gasteiger partial charge on any atom is -0.458 e. The van der Waals surface area contributed by atoms with Crippen LogP contribution in [0, 0.1) is 34.5 Å². The van der Waals surface area contributed by atoms with Crippen molar-refractivity contribution in [3.05, 3.63) is 12.2 Å². The molecular formula is C23H35NO3.